The Balaban J connectivity index is 1.85. The molecule has 16 heavy (non-hydrogen) atoms. The monoisotopic (exact) mass is 227 g/mol. The van der Waals surface area contributed by atoms with E-state index in [4.69, 9.17) is 10.5 Å². The lowest BCUT2D eigenvalue weighted by molar-refractivity contribution is 0.0550. The van der Waals surface area contributed by atoms with Crippen LogP contribution in [0.3, 0.4) is 0 Å². The maximum atomic E-state index is 10.1. The summed E-state index contributed by atoms with van der Waals surface area (Å²) in [6, 6.07) is 0. The molecule has 5 nitrogen and oxygen atoms in total. The molecule has 2 fully saturated rings. The fraction of sp³-hybridized carbons (Fsp3) is 0.909. The summed E-state index contributed by atoms with van der Waals surface area (Å²) in [5.41, 5.74) is 5.29. The van der Waals surface area contributed by atoms with E-state index in [0.29, 0.717) is 25.7 Å². The number of aliphatic hydroxyl groups is 1. The Morgan fingerprint density at radius 2 is 1.94 bits per heavy atom. The molecule has 0 aromatic heterocycles. The molecule has 1 aliphatic carbocycles. The van der Waals surface area contributed by atoms with Crippen molar-refractivity contribution >= 4 is 5.96 Å². The molecule has 2 aliphatic rings. The van der Waals surface area contributed by atoms with E-state index >= 15 is 0 Å². The average molecular weight is 227 g/mol. The largest absolute Gasteiger partial charge is 0.388 e. The molecule has 3 N–H and O–H groups in total. The molecule has 1 heterocycles. The van der Waals surface area contributed by atoms with Crippen molar-refractivity contribution in [2.75, 3.05) is 32.8 Å². The maximum absolute atomic E-state index is 10.1. The zero-order chi connectivity index (χ0) is 11.4. The summed E-state index contributed by atoms with van der Waals surface area (Å²) in [4.78, 5) is 6.33. The fourth-order valence-corrected chi connectivity index (χ4v) is 2.31. The second-order valence-electron chi connectivity index (χ2n) is 4.71. The van der Waals surface area contributed by atoms with Crippen LogP contribution in [-0.2, 0) is 4.74 Å². The summed E-state index contributed by atoms with van der Waals surface area (Å²) >= 11 is 0. The van der Waals surface area contributed by atoms with Crippen molar-refractivity contribution in [3.63, 3.8) is 0 Å². The minimum Gasteiger partial charge on any atom is -0.388 e. The maximum Gasteiger partial charge on any atom is 0.191 e. The van der Waals surface area contributed by atoms with Crippen LogP contribution >= 0.6 is 0 Å². The molecule has 0 radical (unpaired) electrons. The fourth-order valence-electron chi connectivity index (χ4n) is 2.31. The van der Waals surface area contributed by atoms with Crippen LogP contribution in [0.25, 0.3) is 0 Å². The highest BCUT2D eigenvalue weighted by molar-refractivity contribution is 5.78. The van der Waals surface area contributed by atoms with Crippen LogP contribution in [0, 0.1) is 0 Å². The second kappa shape index (κ2) is 5.01. The van der Waals surface area contributed by atoms with Gasteiger partial charge in [0.25, 0.3) is 0 Å². The Morgan fingerprint density at radius 1 is 1.31 bits per heavy atom. The lowest BCUT2D eigenvalue weighted by Gasteiger charge is -2.28. The quantitative estimate of drug-likeness (QED) is 0.512. The summed E-state index contributed by atoms with van der Waals surface area (Å²) in [5, 5.41) is 10.1. The first-order chi connectivity index (χ1) is 7.70. The van der Waals surface area contributed by atoms with Crippen LogP contribution in [0.4, 0.5) is 0 Å². The Bertz CT molecular complexity index is 256. The van der Waals surface area contributed by atoms with E-state index in [2.05, 4.69) is 4.99 Å². The van der Waals surface area contributed by atoms with Crippen molar-refractivity contribution in [1.82, 2.24) is 4.90 Å². The Morgan fingerprint density at radius 3 is 2.56 bits per heavy atom. The third-order valence-corrected chi connectivity index (χ3v) is 3.40. The zero-order valence-corrected chi connectivity index (χ0v) is 9.69. The van der Waals surface area contributed by atoms with E-state index in [1.807, 2.05) is 4.90 Å². The minimum absolute atomic E-state index is 0.441. The van der Waals surface area contributed by atoms with Gasteiger partial charge in [-0.3, -0.25) is 4.99 Å². The smallest absolute Gasteiger partial charge is 0.191 e. The lowest BCUT2D eigenvalue weighted by Crippen LogP contribution is -2.45. The van der Waals surface area contributed by atoms with Crippen molar-refractivity contribution in [3.05, 3.63) is 0 Å². The van der Waals surface area contributed by atoms with Crippen LogP contribution < -0.4 is 5.73 Å². The number of guanidine groups is 1. The second-order valence-corrected chi connectivity index (χ2v) is 4.71. The van der Waals surface area contributed by atoms with Crippen molar-refractivity contribution in [3.8, 4) is 0 Å². The number of hydrogen-bond donors (Lipinski definition) is 2. The summed E-state index contributed by atoms with van der Waals surface area (Å²) in [6.45, 7) is 3.46. The number of nitrogens with zero attached hydrogens (tertiary/aromatic N) is 2. The van der Waals surface area contributed by atoms with Gasteiger partial charge in [0.1, 0.15) is 0 Å². The highest BCUT2D eigenvalue weighted by atomic mass is 16.5. The van der Waals surface area contributed by atoms with E-state index in [-0.39, 0.29) is 0 Å². The Kier molecular flexibility index (Phi) is 3.66. The van der Waals surface area contributed by atoms with Gasteiger partial charge < -0.3 is 20.5 Å². The van der Waals surface area contributed by atoms with Gasteiger partial charge in [0.05, 0.1) is 25.4 Å². The molecule has 1 saturated heterocycles. The predicted octanol–water partition coefficient (Wildman–Crippen LogP) is -0.0616. The molecule has 0 amide bonds. The average Bonchev–Trinajstić information content (AvgIpc) is 2.75. The van der Waals surface area contributed by atoms with E-state index in [1.165, 1.54) is 0 Å². The van der Waals surface area contributed by atoms with Crippen molar-refractivity contribution < 1.29 is 9.84 Å². The van der Waals surface area contributed by atoms with Gasteiger partial charge in [-0.25, -0.2) is 0 Å². The predicted molar refractivity (Wildman–Crippen MR) is 62.3 cm³/mol. The molecule has 1 aliphatic heterocycles. The number of hydrogen-bond acceptors (Lipinski definition) is 3. The van der Waals surface area contributed by atoms with Crippen LogP contribution in [0.2, 0.25) is 0 Å². The van der Waals surface area contributed by atoms with Crippen molar-refractivity contribution in [2.45, 2.75) is 31.3 Å². The summed E-state index contributed by atoms with van der Waals surface area (Å²) in [5.74, 6) is 0.545. The van der Waals surface area contributed by atoms with E-state index in [1.54, 1.807) is 0 Å². The molecular weight excluding hydrogens is 206 g/mol. The molecule has 0 atom stereocenters. The molecule has 0 unspecified atom stereocenters. The van der Waals surface area contributed by atoms with Gasteiger partial charge in [-0.15, -0.1) is 0 Å². The normalized spacial score (nSPS) is 26.1. The number of nitrogens with two attached hydrogens (primary N) is 1. The summed E-state index contributed by atoms with van der Waals surface area (Å²) < 4.78 is 5.25. The first kappa shape index (κ1) is 11.7. The van der Waals surface area contributed by atoms with Crippen molar-refractivity contribution in [2.24, 2.45) is 10.7 Å². The van der Waals surface area contributed by atoms with Crippen LogP contribution in [-0.4, -0.2) is 54.4 Å². The van der Waals surface area contributed by atoms with Crippen molar-refractivity contribution in [1.29, 1.82) is 0 Å². The third-order valence-electron chi connectivity index (χ3n) is 3.40. The molecule has 1 saturated carbocycles. The van der Waals surface area contributed by atoms with Crippen LogP contribution in [0.15, 0.2) is 4.99 Å². The van der Waals surface area contributed by atoms with E-state index in [0.717, 1.165) is 38.8 Å². The van der Waals surface area contributed by atoms with Gasteiger partial charge in [-0.1, -0.05) is 12.8 Å². The first-order valence-electron chi connectivity index (χ1n) is 6.05. The SMILES string of the molecule is NC(=NCC1(O)CCCC1)N1CCOCC1. The van der Waals surface area contributed by atoms with Crippen LogP contribution in [0.5, 0.6) is 0 Å². The third kappa shape index (κ3) is 2.86. The minimum atomic E-state index is -0.600. The van der Waals surface area contributed by atoms with E-state index in [9.17, 15) is 5.11 Å². The van der Waals surface area contributed by atoms with Gasteiger partial charge in [0.15, 0.2) is 5.96 Å². The molecule has 0 bridgehead atoms. The van der Waals surface area contributed by atoms with E-state index < -0.39 is 5.60 Å². The number of aliphatic imine (C=N–C) groups is 1. The standard InChI is InChI=1S/C11H21N3O2/c12-10(14-5-7-16-8-6-14)13-9-11(15)3-1-2-4-11/h15H,1-9H2,(H2,12,13). The molecule has 5 heteroatoms. The number of rotatable bonds is 2. The number of ether oxygens (including phenoxy) is 1. The zero-order valence-electron chi connectivity index (χ0n) is 9.69. The molecule has 0 aromatic carbocycles. The van der Waals surface area contributed by atoms with Gasteiger partial charge in [-0.05, 0) is 12.8 Å². The Hall–Kier alpha value is -0.810. The number of morpholine rings is 1. The first-order valence-corrected chi connectivity index (χ1v) is 6.05. The van der Waals surface area contributed by atoms with Gasteiger partial charge >= 0.3 is 0 Å². The lowest BCUT2D eigenvalue weighted by atomic mass is 10.0. The molecular formula is C11H21N3O2. The highest BCUT2D eigenvalue weighted by Gasteiger charge is 2.30. The van der Waals surface area contributed by atoms with Crippen LogP contribution in [0.1, 0.15) is 25.7 Å². The van der Waals surface area contributed by atoms with Gasteiger partial charge in [0.2, 0.25) is 0 Å². The summed E-state index contributed by atoms with van der Waals surface area (Å²) in [6.07, 6.45) is 3.91. The molecule has 0 aromatic rings. The van der Waals surface area contributed by atoms with Gasteiger partial charge in [0, 0.05) is 13.1 Å². The van der Waals surface area contributed by atoms with Gasteiger partial charge in [-0.2, -0.15) is 0 Å². The topological polar surface area (TPSA) is 71.1 Å². The molecule has 2 rings (SSSR count). The molecule has 0 spiro atoms. The summed E-state index contributed by atoms with van der Waals surface area (Å²) in [7, 11) is 0. The highest BCUT2D eigenvalue weighted by Crippen LogP contribution is 2.29. The molecule has 92 valence electrons. The Labute approximate surface area is 96.3 Å².